The molecule has 0 aromatic carbocycles. The average molecular weight is 243 g/mol. The van der Waals surface area contributed by atoms with Crippen LogP contribution in [0.2, 0.25) is 0 Å². The molecule has 0 unspecified atom stereocenters. The normalized spacial score (nSPS) is 9.40. The van der Waals surface area contributed by atoms with Crippen LogP contribution in [-0.2, 0) is 14.4 Å². The van der Waals surface area contributed by atoms with Crippen molar-refractivity contribution in [1.29, 1.82) is 0 Å². The van der Waals surface area contributed by atoms with Crippen LogP contribution in [0.4, 0.5) is 0 Å². The minimum atomic E-state index is -2.74. The first-order chi connectivity index (χ1) is 5.78. The molecule has 0 aromatic rings. The summed E-state index contributed by atoms with van der Waals surface area (Å²) in [7, 11) is 0. The fourth-order valence-electron chi connectivity index (χ4n) is 0.714. The molecule has 0 saturated carbocycles. The Labute approximate surface area is 131 Å². The molecule has 0 amide bonds. The molecule has 0 saturated heterocycles. The maximum absolute atomic E-state index is 10.3. The van der Waals surface area contributed by atoms with E-state index in [9.17, 15) is 14.4 Å². The molecule has 0 aliphatic heterocycles. The Morgan fingerprint density at radius 1 is 1.00 bits per heavy atom. The summed E-state index contributed by atoms with van der Waals surface area (Å²) < 4.78 is 0. The predicted octanol–water partition coefficient (Wildman–Crippen LogP) is -4.51. The zero-order chi connectivity index (χ0) is 10.6. The molecule has 0 bridgehead atoms. The third-order valence-corrected chi connectivity index (χ3v) is 1.29. The van der Waals surface area contributed by atoms with Crippen molar-refractivity contribution in [3.63, 3.8) is 0 Å². The monoisotopic (exact) mass is 243 g/mol. The average Bonchev–Trinajstić information content (AvgIpc) is 1.82. The van der Waals surface area contributed by atoms with E-state index in [0.717, 1.165) is 0 Å². The van der Waals surface area contributed by atoms with Crippen molar-refractivity contribution in [3.05, 3.63) is 0 Å². The molecule has 0 atom stereocenters. The Hall–Kier alpha value is 0.0713. The van der Waals surface area contributed by atoms with E-state index in [4.69, 9.17) is 20.4 Å². The summed E-state index contributed by atoms with van der Waals surface area (Å²) in [5.74, 6) is -5.02. The Morgan fingerprint density at radius 3 is 1.40 bits per heavy atom. The van der Waals surface area contributed by atoms with Crippen molar-refractivity contribution in [2.45, 2.75) is 18.4 Å². The molecule has 79 valence electrons. The molecule has 0 fully saturated rings. The van der Waals surface area contributed by atoms with Crippen LogP contribution in [0.25, 0.3) is 0 Å². The van der Waals surface area contributed by atoms with Crippen molar-refractivity contribution in [2.75, 3.05) is 0 Å². The molecule has 9 heteroatoms. The van der Waals surface area contributed by atoms with Gasteiger partial charge < -0.3 is 21.9 Å². The number of carboxylic acid groups (broad SMARTS) is 3. The number of rotatable bonds is 5. The van der Waals surface area contributed by atoms with Crippen LogP contribution in [0.3, 0.4) is 0 Å². The quantitative estimate of drug-likeness (QED) is 0.357. The predicted molar refractivity (Wildman–Crippen MR) is 44.0 cm³/mol. The van der Waals surface area contributed by atoms with Crippen LogP contribution in [0, 0.1) is 0 Å². The number of aliphatic hydroxyl groups is 1. The van der Waals surface area contributed by atoms with E-state index in [1.165, 1.54) is 0 Å². The van der Waals surface area contributed by atoms with E-state index in [2.05, 4.69) is 0 Å². The van der Waals surface area contributed by atoms with E-state index in [1.807, 2.05) is 0 Å². The summed E-state index contributed by atoms with van der Waals surface area (Å²) in [4.78, 5) is 30.5. The van der Waals surface area contributed by atoms with E-state index in [0.29, 0.717) is 0 Å². The molecule has 0 aliphatic rings. The van der Waals surface area contributed by atoms with Crippen LogP contribution in [-0.4, -0.2) is 52.3 Å². The van der Waals surface area contributed by atoms with Gasteiger partial charge >= 0.3 is 69.3 Å². The summed E-state index contributed by atoms with van der Waals surface area (Å²) in [5, 5.41) is 33.8. The van der Waals surface area contributed by atoms with E-state index >= 15 is 0 Å². The summed E-state index contributed by atoms with van der Waals surface area (Å²) in [5.41, 5.74) is -2.74. The molecule has 4 N–H and O–H groups in total. The zero-order valence-electron chi connectivity index (χ0n) is 9.01. The summed E-state index contributed by atoms with van der Waals surface area (Å²) >= 11 is 0. The van der Waals surface area contributed by atoms with E-state index in [-0.39, 0.29) is 61.2 Å². The van der Waals surface area contributed by atoms with Crippen molar-refractivity contribution < 1.29 is 87.6 Å². The molecule has 0 spiro atoms. The Balaban J connectivity index is -0.000000240. The van der Waals surface area contributed by atoms with Gasteiger partial charge in [-0.25, -0.2) is 4.79 Å². The third kappa shape index (κ3) is 7.94. The maximum atomic E-state index is 10.3. The second-order valence-electron chi connectivity index (χ2n) is 2.48. The Kier molecular flexibility index (Phi) is 11.3. The standard InChI is InChI=1S/C6H8O7.B.K.H/c7-3(8)1-6(13,5(11)12)2-4(9)10;;;/h13H,1-2H2,(H,7,8)(H,9,10)(H,11,12);;;/q;;+1;-1. The topological polar surface area (TPSA) is 132 Å². The van der Waals surface area contributed by atoms with Crippen molar-refractivity contribution in [3.8, 4) is 0 Å². The van der Waals surface area contributed by atoms with Gasteiger partial charge in [0.1, 0.15) is 0 Å². The van der Waals surface area contributed by atoms with Gasteiger partial charge in [-0.05, 0) is 0 Å². The van der Waals surface area contributed by atoms with Gasteiger partial charge in [0.15, 0.2) is 5.60 Å². The molecule has 0 heterocycles. The zero-order valence-corrected chi connectivity index (χ0v) is 11.1. The van der Waals surface area contributed by atoms with E-state index in [1.54, 1.807) is 0 Å². The van der Waals surface area contributed by atoms with Gasteiger partial charge in [0.25, 0.3) is 0 Å². The summed E-state index contributed by atoms with van der Waals surface area (Å²) in [6.45, 7) is 0. The van der Waals surface area contributed by atoms with Crippen LogP contribution >= 0.6 is 0 Å². The SMILES string of the molecule is O=C(O)CC(O)(CC(=O)O)C(=O)O.[B].[H-].[K+]. The third-order valence-electron chi connectivity index (χ3n) is 1.29. The van der Waals surface area contributed by atoms with Crippen LogP contribution < -0.4 is 51.4 Å². The molecule has 15 heavy (non-hydrogen) atoms. The number of carboxylic acids is 3. The smallest absolute Gasteiger partial charge is 1.00 e. The number of aliphatic carboxylic acids is 3. The van der Waals surface area contributed by atoms with Gasteiger partial charge in [0.05, 0.1) is 12.8 Å². The first-order valence-electron chi connectivity index (χ1n) is 3.17. The van der Waals surface area contributed by atoms with Crippen LogP contribution in [0.1, 0.15) is 14.3 Å². The van der Waals surface area contributed by atoms with Gasteiger partial charge in [-0.3, -0.25) is 9.59 Å². The first-order valence-corrected chi connectivity index (χ1v) is 3.17. The van der Waals surface area contributed by atoms with Crippen molar-refractivity contribution in [1.82, 2.24) is 0 Å². The number of hydrogen-bond donors (Lipinski definition) is 4. The fourth-order valence-corrected chi connectivity index (χ4v) is 0.714. The molecular formula is C6H9BKO7. The molecule has 3 radical (unpaired) electrons. The van der Waals surface area contributed by atoms with Crippen molar-refractivity contribution in [2.24, 2.45) is 0 Å². The Bertz CT molecular complexity index is 243. The minimum Gasteiger partial charge on any atom is -1.00 e. The Morgan fingerprint density at radius 2 is 1.27 bits per heavy atom. The van der Waals surface area contributed by atoms with Crippen LogP contribution in [0.15, 0.2) is 0 Å². The van der Waals surface area contributed by atoms with Gasteiger partial charge in [0.2, 0.25) is 0 Å². The molecule has 0 rings (SSSR count). The van der Waals surface area contributed by atoms with E-state index < -0.39 is 36.4 Å². The van der Waals surface area contributed by atoms with Crippen molar-refractivity contribution >= 4 is 26.3 Å². The van der Waals surface area contributed by atoms with Crippen LogP contribution in [0.5, 0.6) is 0 Å². The van der Waals surface area contributed by atoms with Gasteiger partial charge in [0, 0.05) is 8.41 Å². The fraction of sp³-hybridized carbons (Fsp3) is 0.500. The largest absolute Gasteiger partial charge is 1.00 e. The summed E-state index contributed by atoms with van der Waals surface area (Å²) in [6, 6.07) is 0. The molecule has 7 nitrogen and oxygen atoms in total. The second-order valence-corrected chi connectivity index (χ2v) is 2.48. The molecule has 0 aliphatic carbocycles. The summed E-state index contributed by atoms with van der Waals surface area (Å²) in [6.07, 6.45) is -2.29. The van der Waals surface area contributed by atoms with Gasteiger partial charge in [-0.1, -0.05) is 0 Å². The molecular weight excluding hydrogens is 234 g/mol. The first kappa shape index (κ1) is 20.5. The van der Waals surface area contributed by atoms with Gasteiger partial charge in [-0.2, -0.15) is 0 Å². The maximum Gasteiger partial charge on any atom is 1.00 e. The minimum absolute atomic E-state index is 0. The molecule has 0 aromatic heterocycles. The second kappa shape index (κ2) is 8.25. The van der Waals surface area contributed by atoms with Gasteiger partial charge in [-0.15, -0.1) is 0 Å². The number of hydrogen-bond acceptors (Lipinski definition) is 4. The number of carbonyl (C=O) groups is 3.